The van der Waals surface area contributed by atoms with Crippen molar-refractivity contribution in [2.75, 3.05) is 19.6 Å². The molecule has 33 heavy (non-hydrogen) atoms. The first-order valence-electron chi connectivity index (χ1n) is 11.2. The summed E-state index contributed by atoms with van der Waals surface area (Å²) < 4.78 is 6.00. The molecule has 0 atom stereocenters. The summed E-state index contributed by atoms with van der Waals surface area (Å²) >= 11 is 0. The molecule has 1 fully saturated rings. The Morgan fingerprint density at radius 3 is 2.18 bits per heavy atom. The molecule has 1 aliphatic heterocycles. The van der Waals surface area contributed by atoms with Gasteiger partial charge in [0.2, 0.25) is 0 Å². The van der Waals surface area contributed by atoms with E-state index in [4.69, 9.17) is 14.9 Å². The molecule has 178 valence electrons. The van der Waals surface area contributed by atoms with Gasteiger partial charge in [-0.2, -0.15) is 0 Å². The molecule has 1 saturated heterocycles. The van der Waals surface area contributed by atoms with Gasteiger partial charge in [-0.3, -0.25) is 4.90 Å². The second-order valence-corrected chi connectivity index (χ2v) is 8.38. The molecule has 3 rings (SSSR count). The number of hydrogen-bond acceptors (Lipinski definition) is 5. The summed E-state index contributed by atoms with van der Waals surface area (Å²) in [6.45, 7) is 9.03. The van der Waals surface area contributed by atoms with Crippen LogP contribution >= 0.6 is 0 Å². The lowest BCUT2D eigenvalue weighted by Gasteiger charge is -2.36. The molecule has 7 heteroatoms. The smallest absolute Gasteiger partial charge is 0.328 e. The Morgan fingerprint density at radius 2 is 1.61 bits per heavy atom. The predicted molar refractivity (Wildman–Crippen MR) is 129 cm³/mol. The van der Waals surface area contributed by atoms with E-state index in [1.165, 1.54) is 18.4 Å². The summed E-state index contributed by atoms with van der Waals surface area (Å²) in [4.78, 5) is 21.8. The van der Waals surface area contributed by atoms with Crippen LogP contribution in [0.1, 0.15) is 32.3 Å². The first-order valence-corrected chi connectivity index (χ1v) is 11.2. The molecular formula is C26H34N2O5. The molecule has 1 aliphatic rings. The molecular weight excluding hydrogens is 420 g/mol. The number of piperidine rings is 1. The standard InChI is InChI=1S/C22H30N2O.C4H4O4/c1-18(2)16-24(20-11-13-23-14-12-20)17-19-7-6-10-22(15-19)25-21-8-4-3-5-9-21;5-3(6)1-2-4(7)8/h3-10,15,18,20,23H,11-14,16-17H2,1-2H3;1-2H,(H,5,6)(H,7,8). The highest BCUT2D eigenvalue weighted by Gasteiger charge is 2.21. The molecule has 1 heterocycles. The number of ether oxygens (including phenoxy) is 1. The molecule has 0 amide bonds. The minimum Gasteiger partial charge on any atom is -0.478 e. The second-order valence-electron chi connectivity index (χ2n) is 8.38. The number of aliphatic carboxylic acids is 2. The van der Waals surface area contributed by atoms with Crippen LogP contribution in [0.4, 0.5) is 0 Å². The number of carboxylic acids is 2. The van der Waals surface area contributed by atoms with E-state index in [1.807, 2.05) is 36.4 Å². The number of benzene rings is 2. The summed E-state index contributed by atoms with van der Waals surface area (Å²) in [7, 11) is 0. The maximum atomic E-state index is 9.55. The molecule has 2 aromatic rings. The van der Waals surface area contributed by atoms with Crippen molar-refractivity contribution < 1.29 is 24.5 Å². The van der Waals surface area contributed by atoms with Gasteiger partial charge in [-0.05, 0) is 61.7 Å². The van der Waals surface area contributed by atoms with E-state index in [0.717, 1.165) is 37.7 Å². The summed E-state index contributed by atoms with van der Waals surface area (Å²) in [6, 6.07) is 19.2. The van der Waals surface area contributed by atoms with E-state index in [-0.39, 0.29) is 0 Å². The molecule has 3 N–H and O–H groups in total. The average Bonchev–Trinajstić information content (AvgIpc) is 2.79. The first-order chi connectivity index (χ1) is 15.8. The zero-order valence-electron chi connectivity index (χ0n) is 19.3. The van der Waals surface area contributed by atoms with Crippen molar-refractivity contribution in [1.29, 1.82) is 0 Å². The highest BCUT2D eigenvalue weighted by molar-refractivity contribution is 5.89. The van der Waals surface area contributed by atoms with Crippen molar-refractivity contribution in [2.45, 2.75) is 39.3 Å². The van der Waals surface area contributed by atoms with E-state index in [9.17, 15) is 9.59 Å². The third kappa shape index (κ3) is 10.8. The Labute approximate surface area is 195 Å². The van der Waals surface area contributed by atoms with Crippen LogP contribution in [0.3, 0.4) is 0 Å². The normalized spacial score (nSPS) is 14.2. The minimum atomic E-state index is -1.26. The molecule has 0 unspecified atom stereocenters. The second kappa shape index (κ2) is 14.1. The fourth-order valence-corrected chi connectivity index (χ4v) is 3.69. The Balaban J connectivity index is 0.000000414. The Hall–Kier alpha value is -3.16. The van der Waals surface area contributed by atoms with Crippen molar-refractivity contribution in [3.05, 3.63) is 72.3 Å². The number of nitrogens with zero attached hydrogens (tertiary/aromatic N) is 1. The van der Waals surface area contributed by atoms with E-state index in [0.29, 0.717) is 24.1 Å². The number of para-hydroxylation sites is 1. The summed E-state index contributed by atoms with van der Waals surface area (Å²) in [5, 5.41) is 19.1. The van der Waals surface area contributed by atoms with Crippen LogP contribution in [0.2, 0.25) is 0 Å². The fraction of sp³-hybridized carbons (Fsp3) is 0.385. The lowest BCUT2D eigenvalue weighted by Crippen LogP contribution is -2.44. The lowest BCUT2D eigenvalue weighted by atomic mass is 10.0. The third-order valence-electron chi connectivity index (χ3n) is 5.06. The maximum Gasteiger partial charge on any atom is 0.328 e. The van der Waals surface area contributed by atoms with E-state index in [2.05, 4.69) is 42.3 Å². The SMILES string of the molecule is CC(C)CN(Cc1cccc(Oc2ccccc2)c1)C1CCNCC1.O=C(O)C=CC(=O)O. The van der Waals surface area contributed by atoms with Crippen molar-refractivity contribution in [2.24, 2.45) is 5.92 Å². The molecule has 0 spiro atoms. The van der Waals surface area contributed by atoms with Gasteiger partial charge in [-0.25, -0.2) is 9.59 Å². The predicted octanol–water partition coefficient (Wildman–Crippen LogP) is 4.40. The Bertz CT molecular complexity index is 877. The highest BCUT2D eigenvalue weighted by Crippen LogP contribution is 2.24. The van der Waals surface area contributed by atoms with E-state index in [1.54, 1.807) is 0 Å². The number of rotatable bonds is 9. The third-order valence-corrected chi connectivity index (χ3v) is 5.06. The molecule has 2 aromatic carbocycles. The topological polar surface area (TPSA) is 99.1 Å². The number of hydrogen-bond donors (Lipinski definition) is 3. The summed E-state index contributed by atoms with van der Waals surface area (Å²) in [5.74, 6) is -0.0333. The summed E-state index contributed by atoms with van der Waals surface area (Å²) in [5.41, 5.74) is 1.33. The quantitative estimate of drug-likeness (QED) is 0.483. The largest absolute Gasteiger partial charge is 0.478 e. The number of nitrogens with one attached hydrogen (secondary N) is 1. The zero-order chi connectivity index (χ0) is 24.1. The molecule has 0 radical (unpaired) electrons. The van der Waals surface area contributed by atoms with Gasteiger partial charge in [0.05, 0.1) is 0 Å². The van der Waals surface area contributed by atoms with Crippen molar-refractivity contribution in [3.8, 4) is 11.5 Å². The first kappa shape index (κ1) is 26.1. The summed E-state index contributed by atoms with van der Waals surface area (Å²) in [6.07, 6.45) is 3.60. The fourth-order valence-electron chi connectivity index (χ4n) is 3.69. The van der Waals surface area contributed by atoms with Crippen molar-refractivity contribution in [3.63, 3.8) is 0 Å². The molecule has 0 bridgehead atoms. The van der Waals surface area contributed by atoms with Gasteiger partial charge < -0.3 is 20.3 Å². The van der Waals surface area contributed by atoms with Crippen LogP contribution < -0.4 is 10.1 Å². The van der Waals surface area contributed by atoms with Crippen molar-refractivity contribution in [1.82, 2.24) is 10.2 Å². The highest BCUT2D eigenvalue weighted by atomic mass is 16.5. The lowest BCUT2D eigenvalue weighted by molar-refractivity contribution is -0.134. The zero-order valence-corrected chi connectivity index (χ0v) is 19.3. The molecule has 0 aromatic heterocycles. The van der Waals surface area contributed by atoms with Crippen LogP contribution in [0.5, 0.6) is 11.5 Å². The van der Waals surface area contributed by atoms with E-state index >= 15 is 0 Å². The van der Waals surface area contributed by atoms with Gasteiger partial charge in [0.25, 0.3) is 0 Å². The van der Waals surface area contributed by atoms with Gasteiger partial charge in [0.15, 0.2) is 0 Å². The monoisotopic (exact) mass is 454 g/mol. The van der Waals surface area contributed by atoms with E-state index < -0.39 is 11.9 Å². The van der Waals surface area contributed by atoms with Gasteiger partial charge >= 0.3 is 11.9 Å². The van der Waals surface area contributed by atoms with Crippen LogP contribution in [0, 0.1) is 5.92 Å². The van der Waals surface area contributed by atoms with Crippen LogP contribution in [-0.4, -0.2) is 52.7 Å². The van der Waals surface area contributed by atoms with Gasteiger partial charge in [-0.1, -0.05) is 44.2 Å². The number of carbonyl (C=O) groups is 2. The van der Waals surface area contributed by atoms with Gasteiger partial charge in [0, 0.05) is 31.3 Å². The average molecular weight is 455 g/mol. The van der Waals surface area contributed by atoms with Crippen LogP contribution in [-0.2, 0) is 16.1 Å². The Morgan fingerprint density at radius 1 is 1.00 bits per heavy atom. The maximum absolute atomic E-state index is 9.55. The van der Waals surface area contributed by atoms with Crippen LogP contribution in [0.25, 0.3) is 0 Å². The molecule has 0 aliphatic carbocycles. The molecule has 7 nitrogen and oxygen atoms in total. The number of carboxylic acid groups (broad SMARTS) is 2. The van der Waals surface area contributed by atoms with Crippen LogP contribution in [0.15, 0.2) is 66.7 Å². The van der Waals surface area contributed by atoms with Crippen molar-refractivity contribution >= 4 is 11.9 Å². The minimum absolute atomic E-state index is 0.558. The molecule has 0 saturated carbocycles. The van der Waals surface area contributed by atoms with Gasteiger partial charge in [0.1, 0.15) is 11.5 Å². The van der Waals surface area contributed by atoms with Gasteiger partial charge in [-0.15, -0.1) is 0 Å². The Kier molecular flexibility index (Phi) is 11.1.